The maximum atomic E-state index is 10.4. The lowest BCUT2D eigenvalue weighted by atomic mass is 10.2. The summed E-state index contributed by atoms with van der Waals surface area (Å²) in [5.74, 6) is 0. The van der Waals surface area contributed by atoms with Gasteiger partial charge in [0.2, 0.25) is 0 Å². The molecule has 0 saturated heterocycles. The van der Waals surface area contributed by atoms with Crippen LogP contribution in [-0.2, 0) is 0 Å². The fraction of sp³-hybridized carbons (Fsp3) is 0.0833. The smallest absolute Gasteiger partial charge is 0.154 e. The van der Waals surface area contributed by atoms with E-state index in [1.807, 2.05) is 18.2 Å². The number of aldehydes is 1. The van der Waals surface area contributed by atoms with Crippen LogP contribution in [0.5, 0.6) is 0 Å². The lowest BCUT2D eigenvalue weighted by Crippen LogP contribution is -1.90. The summed E-state index contributed by atoms with van der Waals surface area (Å²) in [5.41, 5.74) is 1.01. The summed E-state index contributed by atoms with van der Waals surface area (Å²) in [4.78, 5) is 17.9. The highest BCUT2D eigenvalue weighted by molar-refractivity contribution is 6.38. The Labute approximate surface area is 109 Å². The molecule has 2 aromatic rings. The summed E-state index contributed by atoms with van der Waals surface area (Å²) in [6.07, 6.45) is 5.63. The van der Waals surface area contributed by atoms with Crippen molar-refractivity contribution >= 4 is 29.5 Å². The van der Waals surface area contributed by atoms with E-state index < -0.39 is 0 Å². The van der Waals surface area contributed by atoms with Gasteiger partial charge in [-0.1, -0.05) is 29.3 Å². The standard InChI is InChI=1S/C7H5Cl2NO.C5H5N/c1-4-2-10-7(9)5(3-11)6(4)8;1-2-4-6-5-3-1/h2-3H,1H3;1-5H. The van der Waals surface area contributed by atoms with Gasteiger partial charge >= 0.3 is 0 Å². The number of aromatic nitrogens is 2. The molecule has 0 amide bonds. The van der Waals surface area contributed by atoms with Crippen LogP contribution >= 0.6 is 23.2 Å². The van der Waals surface area contributed by atoms with Gasteiger partial charge in [0.15, 0.2) is 6.29 Å². The van der Waals surface area contributed by atoms with Gasteiger partial charge in [0.25, 0.3) is 0 Å². The maximum Gasteiger partial charge on any atom is 0.154 e. The van der Waals surface area contributed by atoms with Crippen molar-refractivity contribution in [2.24, 2.45) is 0 Å². The molecule has 0 aromatic carbocycles. The summed E-state index contributed by atoms with van der Waals surface area (Å²) in [7, 11) is 0. The van der Waals surface area contributed by atoms with Gasteiger partial charge in [-0.05, 0) is 24.6 Å². The van der Waals surface area contributed by atoms with Gasteiger partial charge < -0.3 is 0 Å². The third kappa shape index (κ3) is 4.13. The minimum absolute atomic E-state index is 0.149. The Hall–Kier alpha value is -1.45. The third-order valence-corrected chi connectivity index (χ3v) is 2.66. The first kappa shape index (κ1) is 13.6. The molecule has 0 aliphatic carbocycles. The molecule has 2 rings (SSSR count). The zero-order chi connectivity index (χ0) is 12.7. The minimum atomic E-state index is 0.149. The molecule has 0 atom stereocenters. The lowest BCUT2D eigenvalue weighted by Gasteiger charge is -2.00. The van der Waals surface area contributed by atoms with Crippen LogP contribution in [0.15, 0.2) is 36.8 Å². The second-order valence-electron chi connectivity index (χ2n) is 3.10. The van der Waals surface area contributed by atoms with Crippen molar-refractivity contribution < 1.29 is 4.79 Å². The summed E-state index contributed by atoms with van der Waals surface area (Å²) in [6.45, 7) is 1.76. The van der Waals surface area contributed by atoms with Crippen molar-refractivity contribution in [1.82, 2.24) is 9.97 Å². The number of carbonyl (C=O) groups is 1. The van der Waals surface area contributed by atoms with E-state index >= 15 is 0 Å². The topological polar surface area (TPSA) is 42.9 Å². The average molecular weight is 269 g/mol. The number of halogens is 2. The fourth-order valence-corrected chi connectivity index (χ4v) is 1.41. The normalized spacial score (nSPS) is 9.12. The average Bonchev–Trinajstić information content (AvgIpc) is 2.38. The van der Waals surface area contributed by atoms with E-state index in [-0.39, 0.29) is 10.7 Å². The molecule has 5 heteroatoms. The molecule has 0 unspecified atom stereocenters. The zero-order valence-corrected chi connectivity index (χ0v) is 10.6. The SMILES string of the molecule is Cc1cnc(Cl)c(C=O)c1Cl.c1ccncc1. The summed E-state index contributed by atoms with van der Waals surface area (Å²) in [6, 6.07) is 5.72. The number of pyridine rings is 2. The van der Waals surface area contributed by atoms with Gasteiger partial charge in [-0.2, -0.15) is 0 Å². The molecule has 3 nitrogen and oxygen atoms in total. The van der Waals surface area contributed by atoms with Crippen molar-refractivity contribution in [3.05, 3.63) is 58.1 Å². The highest BCUT2D eigenvalue weighted by Crippen LogP contribution is 2.23. The predicted molar refractivity (Wildman–Crippen MR) is 68.6 cm³/mol. The lowest BCUT2D eigenvalue weighted by molar-refractivity contribution is 0.112. The van der Waals surface area contributed by atoms with Crippen LogP contribution in [0.1, 0.15) is 15.9 Å². The van der Waals surface area contributed by atoms with Gasteiger partial charge in [-0.25, -0.2) is 4.98 Å². The Kier molecular flexibility index (Phi) is 5.60. The first-order valence-electron chi connectivity index (χ1n) is 4.77. The van der Waals surface area contributed by atoms with E-state index in [1.165, 1.54) is 6.20 Å². The largest absolute Gasteiger partial charge is 0.298 e. The molecular formula is C12H10Cl2N2O. The highest BCUT2D eigenvalue weighted by atomic mass is 35.5. The van der Waals surface area contributed by atoms with E-state index in [1.54, 1.807) is 19.3 Å². The van der Waals surface area contributed by atoms with Crippen molar-refractivity contribution in [2.45, 2.75) is 6.92 Å². The van der Waals surface area contributed by atoms with E-state index in [9.17, 15) is 4.79 Å². The number of aryl methyl sites for hydroxylation is 1. The van der Waals surface area contributed by atoms with Crippen LogP contribution in [0.4, 0.5) is 0 Å². The van der Waals surface area contributed by atoms with Gasteiger partial charge in [-0.3, -0.25) is 9.78 Å². The molecule has 2 heterocycles. The second kappa shape index (κ2) is 6.99. The summed E-state index contributed by atoms with van der Waals surface area (Å²) in [5, 5.41) is 0.524. The van der Waals surface area contributed by atoms with Gasteiger partial charge in [0.1, 0.15) is 5.15 Å². The molecule has 0 fully saturated rings. The Balaban J connectivity index is 0.000000202. The Bertz CT molecular complexity index is 463. The van der Waals surface area contributed by atoms with Crippen molar-refractivity contribution in [3.8, 4) is 0 Å². The molecule has 0 aliphatic heterocycles. The monoisotopic (exact) mass is 268 g/mol. The van der Waals surface area contributed by atoms with Crippen molar-refractivity contribution in [3.63, 3.8) is 0 Å². The fourth-order valence-electron chi connectivity index (χ4n) is 0.996. The Morgan fingerprint density at radius 2 is 1.82 bits per heavy atom. The van der Waals surface area contributed by atoms with Crippen LogP contribution in [0.2, 0.25) is 10.2 Å². The minimum Gasteiger partial charge on any atom is -0.298 e. The first-order valence-corrected chi connectivity index (χ1v) is 5.53. The first-order chi connectivity index (χ1) is 8.16. The molecule has 0 saturated carbocycles. The van der Waals surface area contributed by atoms with Crippen LogP contribution < -0.4 is 0 Å². The quantitative estimate of drug-likeness (QED) is 0.587. The number of nitrogens with zero attached hydrogens (tertiary/aromatic N) is 2. The van der Waals surface area contributed by atoms with E-state index in [4.69, 9.17) is 23.2 Å². The van der Waals surface area contributed by atoms with Gasteiger partial charge in [0, 0.05) is 18.6 Å². The number of hydrogen-bond donors (Lipinski definition) is 0. The second-order valence-corrected chi connectivity index (χ2v) is 3.84. The van der Waals surface area contributed by atoms with Crippen molar-refractivity contribution in [2.75, 3.05) is 0 Å². The number of rotatable bonds is 1. The summed E-state index contributed by atoms with van der Waals surface area (Å²) >= 11 is 11.3. The maximum absolute atomic E-state index is 10.4. The molecule has 0 N–H and O–H groups in total. The third-order valence-electron chi connectivity index (χ3n) is 1.86. The Morgan fingerprint density at radius 1 is 1.18 bits per heavy atom. The predicted octanol–water partition coefficient (Wildman–Crippen LogP) is 3.59. The Morgan fingerprint density at radius 3 is 2.18 bits per heavy atom. The summed E-state index contributed by atoms with van der Waals surface area (Å²) < 4.78 is 0. The van der Waals surface area contributed by atoms with Crippen molar-refractivity contribution in [1.29, 1.82) is 0 Å². The molecule has 17 heavy (non-hydrogen) atoms. The van der Waals surface area contributed by atoms with E-state index in [0.717, 1.165) is 5.56 Å². The van der Waals surface area contributed by atoms with Crippen LogP contribution in [0, 0.1) is 6.92 Å². The molecule has 0 spiro atoms. The van der Waals surface area contributed by atoms with Crippen LogP contribution in [0.25, 0.3) is 0 Å². The highest BCUT2D eigenvalue weighted by Gasteiger charge is 2.07. The molecule has 88 valence electrons. The number of hydrogen-bond acceptors (Lipinski definition) is 3. The van der Waals surface area contributed by atoms with Crippen LogP contribution in [0.3, 0.4) is 0 Å². The molecule has 2 aromatic heterocycles. The van der Waals surface area contributed by atoms with Gasteiger partial charge in [0.05, 0.1) is 10.6 Å². The van der Waals surface area contributed by atoms with E-state index in [2.05, 4.69) is 9.97 Å². The van der Waals surface area contributed by atoms with Gasteiger partial charge in [-0.15, -0.1) is 0 Å². The number of carbonyl (C=O) groups excluding carboxylic acids is 1. The molecule has 0 aliphatic rings. The molecular weight excluding hydrogens is 259 g/mol. The van der Waals surface area contributed by atoms with Crippen LogP contribution in [-0.4, -0.2) is 16.3 Å². The van der Waals surface area contributed by atoms with E-state index in [0.29, 0.717) is 11.3 Å². The molecule has 0 bridgehead atoms. The molecule has 0 radical (unpaired) electrons. The zero-order valence-electron chi connectivity index (χ0n) is 9.10.